The Hall–Kier alpha value is -2.81. The molecule has 3 fully saturated rings. The lowest BCUT2D eigenvalue weighted by Crippen LogP contribution is -2.46. The summed E-state index contributed by atoms with van der Waals surface area (Å²) >= 11 is 1.78. The van der Waals surface area contributed by atoms with Crippen LogP contribution in [0.2, 0.25) is 0 Å². The number of piperidine rings is 1. The van der Waals surface area contributed by atoms with Crippen molar-refractivity contribution in [3.05, 3.63) is 52.9 Å². The SMILES string of the molecule is COc1cc(C(=O)N(Cc2cc3ccccc3s2)C[C@@H]2CCCN2CC2C[C@H]3CC[C@@H](C2)N3)cc2c1OC(C)(C)O2. The Morgan fingerprint density at radius 1 is 1.12 bits per heavy atom. The molecular weight excluding hydrogens is 534 g/mol. The van der Waals surface area contributed by atoms with E-state index in [0.29, 0.717) is 54.0 Å². The molecule has 1 aromatic heterocycles. The lowest BCUT2D eigenvalue weighted by molar-refractivity contribution is -0.0439. The van der Waals surface area contributed by atoms with Gasteiger partial charge in [-0.2, -0.15) is 0 Å². The summed E-state index contributed by atoms with van der Waals surface area (Å²) in [6.45, 7) is 7.31. The Labute approximate surface area is 246 Å². The predicted molar refractivity (Wildman–Crippen MR) is 162 cm³/mol. The van der Waals surface area contributed by atoms with Crippen LogP contribution in [0, 0.1) is 5.92 Å². The zero-order valence-corrected chi connectivity index (χ0v) is 25.2. The van der Waals surface area contributed by atoms with E-state index in [1.54, 1.807) is 24.5 Å². The Kier molecular flexibility index (Phi) is 7.12. The molecule has 0 radical (unpaired) electrons. The maximum atomic E-state index is 14.3. The molecule has 8 heteroatoms. The van der Waals surface area contributed by atoms with Gasteiger partial charge in [-0.15, -0.1) is 11.3 Å². The fourth-order valence-electron chi connectivity index (χ4n) is 7.52. The highest BCUT2D eigenvalue weighted by molar-refractivity contribution is 7.19. The van der Waals surface area contributed by atoms with Crippen molar-refractivity contribution in [2.45, 2.75) is 82.8 Å². The third-order valence-corrected chi connectivity index (χ3v) is 10.4. The molecule has 2 aromatic carbocycles. The van der Waals surface area contributed by atoms with Crippen LogP contribution in [0.5, 0.6) is 17.2 Å². The van der Waals surface area contributed by atoms with Crippen LogP contribution in [-0.4, -0.2) is 66.4 Å². The van der Waals surface area contributed by atoms with Gasteiger partial charge in [-0.25, -0.2) is 0 Å². The molecule has 2 bridgehead atoms. The number of fused-ring (bicyclic) bond motifs is 4. The molecule has 7 nitrogen and oxygen atoms in total. The molecular formula is C33H41N3O4S. The monoisotopic (exact) mass is 575 g/mol. The van der Waals surface area contributed by atoms with Gasteiger partial charge < -0.3 is 24.4 Å². The van der Waals surface area contributed by atoms with Gasteiger partial charge in [-0.3, -0.25) is 9.69 Å². The number of hydrogen-bond acceptors (Lipinski definition) is 7. The number of carbonyl (C=O) groups is 1. The molecule has 4 atom stereocenters. The molecule has 3 aromatic rings. The molecule has 5 heterocycles. The zero-order valence-electron chi connectivity index (χ0n) is 24.4. The molecule has 1 N–H and O–H groups in total. The second-order valence-corrected chi connectivity index (χ2v) is 14.0. The largest absolute Gasteiger partial charge is 0.493 e. The predicted octanol–water partition coefficient (Wildman–Crippen LogP) is 6.05. The molecule has 218 valence electrons. The van der Waals surface area contributed by atoms with Crippen molar-refractivity contribution in [2.24, 2.45) is 5.92 Å². The minimum absolute atomic E-state index is 0.00335. The van der Waals surface area contributed by atoms with E-state index in [2.05, 4.69) is 45.4 Å². The van der Waals surface area contributed by atoms with E-state index in [9.17, 15) is 4.79 Å². The Morgan fingerprint density at radius 3 is 2.71 bits per heavy atom. The van der Waals surface area contributed by atoms with Gasteiger partial charge in [0.25, 0.3) is 5.91 Å². The Morgan fingerprint density at radius 2 is 1.93 bits per heavy atom. The lowest BCUT2D eigenvalue weighted by Gasteiger charge is -2.36. The number of hydrogen-bond donors (Lipinski definition) is 1. The Balaban J connectivity index is 1.15. The number of amides is 1. The summed E-state index contributed by atoms with van der Waals surface area (Å²) in [5.74, 6) is 1.60. The third-order valence-electron chi connectivity index (χ3n) is 9.30. The van der Waals surface area contributed by atoms with E-state index >= 15 is 0 Å². The van der Waals surface area contributed by atoms with Gasteiger partial charge in [0.15, 0.2) is 11.5 Å². The molecule has 41 heavy (non-hydrogen) atoms. The van der Waals surface area contributed by atoms with E-state index in [1.807, 2.05) is 19.9 Å². The number of rotatable bonds is 8. The van der Waals surface area contributed by atoms with E-state index in [-0.39, 0.29) is 5.91 Å². The minimum atomic E-state index is -0.799. The van der Waals surface area contributed by atoms with E-state index in [4.69, 9.17) is 14.2 Å². The molecule has 1 amide bonds. The van der Waals surface area contributed by atoms with Crippen LogP contribution < -0.4 is 19.5 Å². The number of thiophene rings is 1. The second-order valence-electron chi connectivity index (χ2n) is 12.8. The molecule has 0 spiro atoms. The molecule has 0 aliphatic carbocycles. The fourth-order valence-corrected chi connectivity index (χ4v) is 8.60. The summed E-state index contributed by atoms with van der Waals surface area (Å²) in [4.78, 5) is 20.3. The standard InChI is InChI=1S/C33H41N3O4S/c1-33(2)39-29-17-23(16-28(38-3)31(29)40-33)32(37)36(20-27-15-22-7-4-5-9-30(22)41-27)19-26-8-6-12-35(26)18-21-13-24-10-11-25(14-21)34-24/h4-5,7,9,15-17,21,24-26,34H,6,8,10-14,18-20H2,1-3H3/t21?,24-,25+,26-/m0/s1. The smallest absolute Gasteiger partial charge is 0.254 e. The van der Waals surface area contributed by atoms with Gasteiger partial charge in [-0.1, -0.05) is 18.2 Å². The van der Waals surface area contributed by atoms with Crippen LogP contribution in [0.25, 0.3) is 10.1 Å². The molecule has 3 saturated heterocycles. The van der Waals surface area contributed by atoms with Crippen LogP contribution in [-0.2, 0) is 6.54 Å². The lowest BCUT2D eigenvalue weighted by atomic mass is 9.92. The van der Waals surface area contributed by atoms with Crippen LogP contribution in [0.1, 0.15) is 67.6 Å². The molecule has 7 rings (SSSR count). The van der Waals surface area contributed by atoms with E-state index < -0.39 is 5.79 Å². The van der Waals surface area contributed by atoms with Crippen LogP contribution >= 0.6 is 11.3 Å². The first-order valence-electron chi connectivity index (χ1n) is 15.2. The van der Waals surface area contributed by atoms with Crippen LogP contribution in [0.15, 0.2) is 42.5 Å². The second kappa shape index (κ2) is 10.8. The maximum absolute atomic E-state index is 14.3. The fraction of sp³-hybridized carbons (Fsp3) is 0.545. The summed E-state index contributed by atoms with van der Waals surface area (Å²) in [5, 5.41) is 5.02. The maximum Gasteiger partial charge on any atom is 0.254 e. The third kappa shape index (κ3) is 5.54. The Bertz CT molecular complexity index is 1390. The summed E-state index contributed by atoms with van der Waals surface area (Å²) in [7, 11) is 1.61. The van der Waals surface area contributed by atoms with Gasteiger partial charge in [0.05, 0.1) is 13.7 Å². The topological polar surface area (TPSA) is 63.3 Å². The van der Waals surface area contributed by atoms with Crippen molar-refractivity contribution < 1.29 is 19.0 Å². The first-order chi connectivity index (χ1) is 19.8. The number of nitrogens with one attached hydrogen (secondary N) is 1. The van der Waals surface area contributed by atoms with Crippen molar-refractivity contribution in [1.29, 1.82) is 0 Å². The number of carbonyl (C=O) groups excluding carboxylic acids is 1. The number of ether oxygens (including phenoxy) is 3. The summed E-state index contributed by atoms with van der Waals surface area (Å²) in [6, 6.07) is 16.1. The van der Waals surface area contributed by atoms with Gasteiger partial charge >= 0.3 is 0 Å². The zero-order chi connectivity index (χ0) is 28.1. The summed E-state index contributed by atoms with van der Waals surface area (Å²) < 4.78 is 18.9. The number of likely N-dealkylation sites (tertiary alicyclic amines) is 1. The van der Waals surface area contributed by atoms with Crippen molar-refractivity contribution in [3.63, 3.8) is 0 Å². The van der Waals surface area contributed by atoms with Gasteiger partial charge in [0.1, 0.15) is 0 Å². The minimum Gasteiger partial charge on any atom is -0.493 e. The molecule has 4 aliphatic heterocycles. The highest BCUT2D eigenvalue weighted by Crippen LogP contribution is 2.47. The normalized spacial score (nSPS) is 26.5. The first-order valence-corrected chi connectivity index (χ1v) is 16.0. The summed E-state index contributed by atoms with van der Waals surface area (Å²) in [6.07, 6.45) is 7.57. The van der Waals surface area contributed by atoms with Gasteiger partial charge in [0.2, 0.25) is 11.5 Å². The molecule has 4 aliphatic rings. The first kappa shape index (κ1) is 27.0. The average molecular weight is 576 g/mol. The molecule has 1 unspecified atom stereocenters. The van der Waals surface area contributed by atoms with Crippen molar-refractivity contribution in [3.8, 4) is 17.2 Å². The van der Waals surface area contributed by atoms with Crippen LogP contribution in [0.4, 0.5) is 0 Å². The van der Waals surface area contributed by atoms with Crippen molar-refractivity contribution >= 4 is 27.3 Å². The summed E-state index contributed by atoms with van der Waals surface area (Å²) in [5.41, 5.74) is 0.572. The highest BCUT2D eigenvalue weighted by Gasteiger charge is 2.38. The molecule has 0 saturated carbocycles. The number of benzene rings is 2. The van der Waals surface area contributed by atoms with Crippen LogP contribution in [0.3, 0.4) is 0 Å². The van der Waals surface area contributed by atoms with Gasteiger partial charge in [-0.05, 0) is 80.6 Å². The average Bonchev–Trinajstić information content (AvgIpc) is 3.71. The van der Waals surface area contributed by atoms with Crippen molar-refractivity contribution in [1.82, 2.24) is 15.1 Å². The van der Waals surface area contributed by atoms with Gasteiger partial charge in [0, 0.05) is 60.2 Å². The van der Waals surface area contributed by atoms with E-state index in [1.165, 1.54) is 47.1 Å². The van der Waals surface area contributed by atoms with E-state index in [0.717, 1.165) is 25.4 Å². The highest BCUT2D eigenvalue weighted by atomic mass is 32.1. The van der Waals surface area contributed by atoms with Crippen molar-refractivity contribution in [2.75, 3.05) is 26.7 Å². The number of methoxy groups -OCH3 is 1. The quantitative estimate of drug-likeness (QED) is 0.353. The number of nitrogens with zero attached hydrogens (tertiary/aromatic N) is 2.